The molecule has 6 heteroatoms. The molecule has 0 radical (unpaired) electrons. The molecule has 0 aromatic carbocycles. The SMILES string of the molecule is CCCCCCCCCC(=O)OC[C@@H](COC(=O)CCCCCCCCCCCCCCCC(C)C)OC(=O)CCCCCCCCCCC(C)C. The van der Waals surface area contributed by atoms with Crippen LogP contribution in [0.3, 0.4) is 0 Å². The lowest BCUT2D eigenvalue weighted by Gasteiger charge is -2.18. The lowest BCUT2D eigenvalue weighted by molar-refractivity contribution is -0.167. The number of carbonyl (C=O) groups is 3. The van der Waals surface area contributed by atoms with Crippen molar-refractivity contribution in [1.29, 1.82) is 0 Å². The molecule has 0 amide bonds. The maximum atomic E-state index is 12.7. The summed E-state index contributed by atoms with van der Waals surface area (Å²) in [7, 11) is 0. The number of ether oxygens (including phenoxy) is 3. The second-order valence-electron chi connectivity index (χ2n) is 16.6. The van der Waals surface area contributed by atoms with Crippen LogP contribution < -0.4 is 0 Å². The van der Waals surface area contributed by atoms with Crippen molar-refractivity contribution in [1.82, 2.24) is 0 Å². The molecule has 0 rings (SSSR count). The Balaban J connectivity index is 4.24. The van der Waals surface area contributed by atoms with Crippen LogP contribution in [0, 0.1) is 11.8 Å². The van der Waals surface area contributed by atoms with E-state index in [1.165, 1.54) is 135 Å². The molecular weight excluding hydrogens is 649 g/mol. The van der Waals surface area contributed by atoms with Gasteiger partial charge in [-0.25, -0.2) is 0 Å². The molecule has 0 aliphatic carbocycles. The highest BCUT2D eigenvalue weighted by atomic mass is 16.6. The van der Waals surface area contributed by atoms with Crippen LogP contribution in [-0.2, 0) is 28.6 Å². The molecule has 6 nitrogen and oxygen atoms in total. The highest BCUT2D eigenvalue weighted by Crippen LogP contribution is 2.16. The van der Waals surface area contributed by atoms with Crippen molar-refractivity contribution in [2.75, 3.05) is 13.2 Å². The van der Waals surface area contributed by atoms with Crippen molar-refractivity contribution < 1.29 is 28.6 Å². The predicted molar refractivity (Wildman–Crippen MR) is 220 cm³/mol. The topological polar surface area (TPSA) is 78.9 Å². The number of carbonyl (C=O) groups excluding carboxylic acids is 3. The first-order chi connectivity index (χ1) is 25.2. The fourth-order valence-corrected chi connectivity index (χ4v) is 6.75. The molecule has 0 bridgehead atoms. The summed E-state index contributed by atoms with van der Waals surface area (Å²) >= 11 is 0. The maximum Gasteiger partial charge on any atom is 0.306 e. The van der Waals surface area contributed by atoms with Crippen LogP contribution in [0.2, 0.25) is 0 Å². The van der Waals surface area contributed by atoms with E-state index in [-0.39, 0.29) is 31.1 Å². The normalized spacial score (nSPS) is 12.1. The zero-order valence-corrected chi connectivity index (χ0v) is 35.4. The van der Waals surface area contributed by atoms with Gasteiger partial charge in [-0.05, 0) is 31.1 Å². The third-order valence-corrected chi connectivity index (χ3v) is 10.2. The number of hydrogen-bond donors (Lipinski definition) is 0. The van der Waals surface area contributed by atoms with Gasteiger partial charge in [0.1, 0.15) is 13.2 Å². The highest BCUT2D eigenvalue weighted by Gasteiger charge is 2.19. The van der Waals surface area contributed by atoms with Gasteiger partial charge in [-0.3, -0.25) is 14.4 Å². The van der Waals surface area contributed by atoms with Crippen molar-refractivity contribution in [2.45, 2.75) is 253 Å². The molecule has 308 valence electrons. The largest absolute Gasteiger partial charge is 0.462 e. The van der Waals surface area contributed by atoms with Gasteiger partial charge in [-0.2, -0.15) is 0 Å². The van der Waals surface area contributed by atoms with Gasteiger partial charge in [0, 0.05) is 19.3 Å². The van der Waals surface area contributed by atoms with Crippen molar-refractivity contribution in [3.63, 3.8) is 0 Å². The summed E-state index contributed by atoms with van der Waals surface area (Å²) in [6, 6.07) is 0. The van der Waals surface area contributed by atoms with E-state index in [4.69, 9.17) is 14.2 Å². The fourth-order valence-electron chi connectivity index (χ4n) is 6.75. The minimum absolute atomic E-state index is 0.0654. The lowest BCUT2D eigenvalue weighted by atomic mass is 10.0. The van der Waals surface area contributed by atoms with Crippen LogP contribution in [-0.4, -0.2) is 37.2 Å². The number of esters is 3. The van der Waals surface area contributed by atoms with Gasteiger partial charge in [0.15, 0.2) is 6.10 Å². The Kier molecular flexibility index (Phi) is 37.9. The zero-order valence-electron chi connectivity index (χ0n) is 35.4. The molecule has 0 fully saturated rings. The first kappa shape index (κ1) is 50.4. The molecule has 0 spiro atoms. The molecule has 0 unspecified atom stereocenters. The van der Waals surface area contributed by atoms with Crippen molar-refractivity contribution >= 4 is 17.9 Å². The maximum absolute atomic E-state index is 12.7. The van der Waals surface area contributed by atoms with E-state index in [2.05, 4.69) is 34.6 Å². The Morgan fingerprint density at radius 1 is 0.365 bits per heavy atom. The van der Waals surface area contributed by atoms with Crippen LogP contribution in [0.5, 0.6) is 0 Å². The average molecular weight is 737 g/mol. The van der Waals surface area contributed by atoms with E-state index >= 15 is 0 Å². The summed E-state index contributed by atoms with van der Waals surface area (Å²) in [4.78, 5) is 37.6. The van der Waals surface area contributed by atoms with Gasteiger partial charge in [0.2, 0.25) is 0 Å². The van der Waals surface area contributed by atoms with Crippen LogP contribution in [0.15, 0.2) is 0 Å². The molecule has 0 aliphatic heterocycles. The third kappa shape index (κ3) is 39.6. The Morgan fingerprint density at radius 2 is 0.635 bits per heavy atom. The van der Waals surface area contributed by atoms with Gasteiger partial charge in [-0.15, -0.1) is 0 Å². The summed E-state index contributed by atoms with van der Waals surface area (Å²) < 4.78 is 16.7. The van der Waals surface area contributed by atoms with E-state index in [9.17, 15) is 14.4 Å². The molecule has 0 aromatic rings. The first-order valence-corrected chi connectivity index (χ1v) is 22.7. The predicted octanol–water partition coefficient (Wildman–Crippen LogP) is 14.2. The van der Waals surface area contributed by atoms with Gasteiger partial charge in [-0.1, -0.05) is 208 Å². The summed E-state index contributed by atoms with van der Waals surface area (Å²) in [5.74, 6) is 0.768. The second kappa shape index (κ2) is 39.1. The first-order valence-electron chi connectivity index (χ1n) is 22.7. The molecule has 0 heterocycles. The van der Waals surface area contributed by atoms with Gasteiger partial charge in [0.25, 0.3) is 0 Å². The quantitative estimate of drug-likeness (QED) is 0.0354. The van der Waals surface area contributed by atoms with Gasteiger partial charge >= 0.3 is 17.9 Å². The van der Waals surface area contributed by atoms with Crippen LogP contribution >= 0.6 is 0 Å². The van der Waals surface area contributed by atoms with E-state index in [1.54, 1.807) is 0 Å². The molecule has 1 atom stereocenters. The lowest BCUT2D eigenvalue weighted by Crippen LogP contribution is -2.30. The molecule has 0 saturated carbocycles. The molecule has 0 aromatic heterocycles. The highest BCUT2D eigenvalue weighted by molar-refractivity contribution is 5.71. The van der Waals surface area contributed by atoms with E-state index in [1.807, 2.05) is 0 Å². The van der Waals surface area contributed by atoms with Crippen LogP contribution in [0.1, 0.15) is 247 Å². The average Bonchev–Trinajstić information content (AvgIpc) is 3.11. The van der Waals surface area contributed by atoms with Gasteiger partial charge in [0.05, 0.1) is 0 Å². The fraction of sp³-hybridized carbons (Fsp3) is 0.935. The number of hydrogen-bond acceptors (Lipinski definition) is 6. The Morgan fingerprint density at radius 3 is 0.942 bits per heavy atom. The van der Waals surface area contributed by atoms with Crippen molar-refractivity contribution in [2.24, 2.45) is 11.8 Å². The minimum atomic E-state index is -0.759. The standard InChI is InChI=1S/C46H88O6/c1-6-7-8-9-19-26-31-36-44(47)50-39-43(52-46(49)38-33-28-23-18-17-21-25-30-35-42(4)5)40-51-45(48)37-32-27-22-16-14-12-10-11-13-15-20-24-29-34-41(2)3/h41-43H,6-40H2,1-5H3/t43-/m0/s1. The smallest absolute Gasteiger partial charge is 0.306 e. The third-order valence-electron chi connectivity index (χ3n) is 10.2. The van der Waals surface area contributed by atoms with E-state index in [0.29, 0.717) is 19.3 Å². The Bertz CT molecular complexity index is 794. The number of unbranched alkanes of at least 4 members (excludes halogenated alkanes) is 25. The summed E-state index contributed by atoms with van der Waals surface area (Å²) in [5.41, 5.74) is 0. The van der Waals surface area contributed by atoms with E-state index in [0.717, 1.165) is 69.6 Å². The second-order valence-corrected chi connectivity index (χ2v) is 16.6. The monoisotopic (exact) mass is 737 g/mol. The van der Waals surface area contributed by atoms with Gasteiger partial charge < -0.3 is 14.2 Å². The van der Waals surface area contributed by atoms with E-state index < -0.39 is 6.10 Å². The number of rotatable bonds is 40. The van der Waals surface area contributed by atoms with Crippen molar-refractivity contribution in [3.05, 3.63) is 0 Å². The Hall–Kier alpha value is -1.59. The molecule has 0 N–H and O–H groups in total. The zero-order chi connectivity index (χ0) is 38.3. The van der Waals surface area contributed by atoms with Crippen LogP contribution in [0.25, 0.3) is 0 Å². The summed E-state index contributed by atoms with van der Waals surface area (Å²) in [5, 5.41) is 0. The molecule has 52 heavy (non-hydrogen) atoms. The van der Waals surface area contributed by atoms with Crippen LogP contribution in [0.4, 0.5) is 0 Å². The molecule has 0 saturated heterocycles. The van der Waals surface area contributed by atoms with Crippen molar-refractivity contribution in [3.8, 4) is 0 Å². The molecular formula is C46H88O6. The minimum Gasteiger partial charge on any atom is -0.462 e. The summed E-state index contributed by atoms with van der Waals surface area (Å²) in [6.07, 6.45) is 36.7. The Labute approximate surface area is 323 Å². The summed E-state index contributed by atoms with van der Waals surface area (Å²) in [6.45, 7) is 11.3. The molecule has 0 aliphatic rings.